The van der Waals surface area contributed by atoms with E-state index in [0.717, 1.165) is 0 Å². The summed E-state index contributed by atoms with van der Waals surface area (Å²) in [4.78, 5) is 37.3. The van der Waals surface area contributed by atoms with Crippen LogP contribution in [0.4, 0.5) is 0 Å². The van der Waals surface area contributed by atoms with Crippen LogP contribution in [0.2, 0.25) is 0 Å². The maximum Gasteiger partial charge on any atom is 0.338 e. The van der Waals surface area contributed by atoms with Crippen LogP contribution in [-0.2, 0) is 20.6 Å². The Hall–Kier alpha value is -3.39. The number of carbonyl (C=O) groups is 3. The number of phenols is 2. The number of hydrogen-bond acceptors (Lipinski definition) is 8. The highest BCUT2D eigenvalue weighted by Gasteiger charge is 2.27. The number of ketones is 1. The molecule has 0 aliphatic carbocycles. The van der Waals surface area contributed by atoms with Crippen molar-refractivity contribution in [3.8, 4) is 11.5 Å². The lowest BCUT2D eigenvalue weighted by atomic mass is 9.94. The highest BCUT2D eigenvalue weighted by molar-refractivity contribution is 6.01. The minimum absolute atomic E-state index is 0.0190. The number of Topliss-reactive ketones (excluding diaryl/α,β-unsaturated/α-hetero) is 1. The fraction of sp³-hybridized carbons (Fsp3) is 0.318. The normalized spacial score (nSPS) is 11.6. The van der Waals surface area contributed by atoms with Crippen LogP contribution >= 0.6 is 0 Å². The van der Waals surface area contributed by atoms with E-state index in [4.69, 9.17) is 14.2 Å². The predicted octanol–water partition coefficient (Wildman–Crippen LogP) is 2.89. The maximum atomic E-state index is 12.8. The molecule has 0 aliphatic heterocycles. The van der Waals surface area contributed by atoms with E-state index < -0.39 is 23.8 Å². The molecule has 0 bridgehead atoms. The minimum Gasteiger partial charge on any atom is -0.508 e. The highest BCUT2D eigenvalue weighted by Crippen LogP contribution is 2.28. The molecule has 8 nitrogen and oxygen atoms in total. The second-order valence-electron chi connectivity index (χ2n) is 6.31. The van der Waals surface area contributed by atoms with E-state index in [-0.39, 0.29) is 53.4 Å². The SMILES string of the molecule is CCOC(=O)c1cc(O)c(CC(OC)C(=O)c2cccc(O)c2)c(C(=O)OCC)c1. The number of benzene rings is 2. The monoisotopic (exact) mass is 416 g/mol. The van der Waals surface area contributed by atoms with Crippen molar-refractivity contribution in [3.05, 3.63) is 58.7 Å². The number of phenolic OH excluding ortho intramolecular Hbond substituents is 2. The Kier molecular flexibility index (Phi) is 7.94. The summed E-state index contributed by atoms with van der Waals surface area (Å²) >= 11 is 0. The Labute approximate surface area is 174 Å². The summed E-state index contributed by atoms with van der Waals surface area (Å²) in [6, 6.07) is 8.19. The van der Waals surface area contributed by atoms with Gasteiger partial charge in [0.15, 0.2) is 5.78 Å². The van der Waals surface area contributed by atoms with Crippen LogP contribution in [0.1, 0.15) is 50.5 Å². The molecule has 2 rings (SSSR count). The topological polar surface area (TPSA) is 119 Å². The third-order valence-electron chi connectivity index (χ3n) is 4.33. The smallest absolute Gasteiger partial charge is 0.338 e. The molecule has 2 aromatic carbocycles. The number of esters is 2. The Morgan fingerprint density at radius 3 is 2.20 bits per heavy atom. The van der Waals surface area contributed by atoms with E-state index in [1.54, 1.807) is 13.8 Å². The second kappa shape index (κ2) is 10.4. The lowest BCUT2D eigenvalue weighted by Gasteiger charge is -2.18. The predicted molar refractivity (Wildman–Crippen MR) is 107 cm³/mol. The van der Waals surface area contributed by atoms with Gasteiger partial charge in [0, 0.05) is 24.7 Å². The van der Waals surface area contributed by atoms with Gasteiger partial charge in [0.2, 0.25) is 0 Å². The average molecular weight is 416 g/mol. The van der Waals surface area contributed by atoms with E-state index in [0.29, 0.717) is 0 Å². The van der Waals surface area contributed by atoms with Crippen molar-refractivity contribution in [2.75, 3.05) is 20.3 Å². The third-order valence-corrected chi connectivity index (χ3v) is 4.33. The largest absolute Gasteiger partial charge is 0.508 e. The van der Waals surface area contributed by atoms with E-state index in [1.165, 1.54) is 43.5 Å². The molecule has 30 heavy (non-hydrogen) atoms. The van der Waals surface area contributed by atoms with Crippen molar-refractivity contribution < 1.29 is 38.8 Å². The molecule has 1 unspecified atom stereocenters. The Morgan fingerprint density at radius 2 is 1.60 bits per heavy atom. The third kappa shape index (κ3) is 5.36. The zero-order valence-corrected chi connectivity index (χ0v) is 17.0. The van der Waals surface area contributed by atoms with Gasteiger partial charge in [0.05, 0.1) is 24.3 Å². The molecule has 0 aliphatic rings. The first-order valence-electron chi connectivity index (χ1n) is 9.38. The van der Waals surface area contributed by atoms with Crippen LogP contribution in [0, 0.1) is 0 Å². The minimum atomic E-state index is -1.06. The molecule has 0 aromatic heterocycles. The van der Waals surface area contributed by atoms with Crippen molar-refractivity contribution in [3.63, 3.8) is 0 Å². The zero-order chi connectivity index (χ0) is 22.3. The molecule has 0 saturated carbocycles. The fourth-order valence-electron chi connectivity index (χ4n) is 2.91. The van der Waals surface area contributed by atoms with Crippen LogP contribution in [0.25, 0.3) is 0 Å². The van der Waals surface area contributed by atoms with Crippen LogP contribution in [0.5, 0.6) is 11.5 Å². The number of ether oxygens (including phenoxy) is 3. The maximum absolute atomic E-state index is 12.8. The summed E-state index contributed by atoms with van der Waals surface area (Å²) in [5, 5.41) is 20.1. The molecular formula is C22H24O8. The first-order chi connectivity index (χ1) is 14.3. The Balaban J connectivity index is 2.45. The highest BCUT2D eigenvalue weighted by atomic mass is 16.5. The molecule has 2 N–H and O–H groups in total. The van der Waals surface area contributed by atoms with Crippen molar-refractivity contribution in [2.24, 2.45) is 0 Å². The van der Waals surface area contributed by atoms with Gasteiger partial charge >= 0.3 is 11.9 Å². The quantitative estimate of drug-likeness (QED) is 0.473. The molecule has 2 aromatic rings. The number of carbonyl (C=O) groups excluding carboxylic acids is 3. The molecule has 160 valence electrons. The molecule has 8 heteroatoms. The van der Waals surface area contributed by atoms with Gasteiger partial charge in [-0.05, 0) is 38.1 Å². The molecule has 0 radical (unpaired) electrons. The summed E-state index contributed by atoms with van der Waals surface area (Å²) in [7, 11) is 1.32. The first-order valence-corrected chi connectivity index (χ1v) is 9.38. The van der Waals surface area contributed by atoms with Gasteiger partial charge in [-0.25, -0.2) is 9.59 Å². The fourth-order valence-corrected chi connectivity index (χ4v) is 2.91. The van der Waals surface area contributed by atoms with Crippen LogP contribution < -0.4 is 0 Å². The standard InChI is InChI=1S/C22H24O8/c1-4-29-21(26)14-10-17(22(27)30-5-2)16(18(24)11-14)12-19(28-3)20(25)13-7-6-8-15(23)9-13/h6-11,19,23-24H,4-5,12H2,1-3H3. The lowest BCUT2D eigenvalue weighted by molar-refractivity contribution is 0.0513. The van der Waals surface area contributed by atoms with Gasteiger partial charge in [0.25, 0.3) is 0 Å². The van der Waals surface area contributed by atoms with E-state index >= 15 is 0 Å². The second-order valence-corrected chi connectivity index (χ2v) is 6.31. The Morgan fingerprint density at radius 1 is 0.933 bits per heavy atom. The van der Waals surface area contributed by atoms with Gasteiger partial charge in [-0.3, -0.25) is 4.79 Å². The van der Waals surface area contributed by atoms with Crippen molar-refractivity contribution in [2.45, 2.75) is 26.4 Å². The molecule has 0 saturated heterocycles. The van der Waals surface area contributed by atoms with E-state index in [1.807, 2.05) is 0 Å². The van der Waals surface area contributed by atoms with Gasteiger partial charge in [-0.1, -0.05) is 12.1 Å². The molecule has 0 spiro atoms. The van der Waals surface area contributed by atoms with Gasteiger partial charge < -0.3 is 24.4 Å². The van der Waals surface area contributed by atoms with Crippen LogP contribution in [0.3, 0.4) is 0 Å². The molecular weight excluding hydrogens is 392 g/mol. The van der Waals surface area contributed by atoms with E-state index in [2.05, 4.69) is 0 Å². The van der Waals surface area contributed by atoms with E-state index in [9.17, 15) is 24.6 Å². The summed E-state index contributed by atoms with van der Waals surface area (Å²) in [5.74, 6) is -2.35. The number of methoxy groups -OCH3 is 1. The van der Waals surface area contributed by atoms with Gasteiger partial charge in [-0.15, -0.1) is 0 Å². The molecule has 0 amide bonds. The summed E-state index contributed by atoms with van der Waals surface area (Å²) in [6.45, 7) is 3.46. The summed E-state index contributed by atoms with van der Waals surface area (Å²) in [6.07, 6.45) is -1.21. The molecule has 0 fully saturated rings. The zero-order valence-electron chi connectivity index (χ0n) is 17.0. The van der Waals surface area contributed by atoms with Crippen molar-refractivity contribution >= 4 is 17.7 Å². The lowest BCUT2D eigenvalue weighted by Crippen LogP contribution is -2.27. The van der Waals surface area contributed by atoms with Gasteiger partial charge in [0.1, 0.15) is 17.6 Å². The summed E-state index contributed by atoms with van der Waals surface area (Å²) < 4.78 is 15.2. The van der Waals surface area contributed by atoms with Gasteiger partial charge in [-0.2, -0.15) is 0 Å². The summed E-state index contributed by atoms with van der Waals surface area (Å²) in [5.41, 5.74) is 0.226. The van der Waals surface area contributed by atoms with Crippen molar-refractivity contribution in [1.82, 2.24) is 0 Å². The van der Waals surface area contributed by atoms with Crippen LogP contribution in [-0.4, -0.2) is 54.4 Å². The Bertz CT molecular complexity index is 935. The van der Waals surface area contributed by atoms with Crippen molar-refractivity contribution in [1.29, 1.82) is 0 Å². The number of aromatic hydroxyl groups is 2. The van der Waals surface area contributed by atoms with Crippen LogP contribution in [0.15, 0.2) is 36.4 Å². The average Bonchev–Trinajstić information content (AvgIpc) is 2.72. The number of hydrogen-bond donors (Lipinski definition) is 2. The first kappa shape index (κ1) is 22.9. The number of rotatable bonds is 9. The molecule has 1 atom stereocenters. The molecule has 0 heterocycles.